The Balaban J connectivity index is 1.97. The van der Waals surface area contributed by atoms with Gasteiger partial charge in [0.05, 0.1) is 30.5 Å². The zero-order valence-electron chi connectivity index (χ0n) is 13.2. The van der Waals surface area contributed by atoms with Crippen LogP contribution in [0.5, 0.6) is 11.5 Å². The lowest BCUT2D eigenvalue weighted by Crippen LogP contribution is -2.20. The van der Waals surface area contributed by atoms with Gasteiger partial charge in [-0.3, -0.25) is 4.79 Å². The van der Waals surface area contributed by atoms with Crippen LogP contribution in [0.15, 0.2) is 42.5 Å². The third kappa shape index (κ3) is 4.63. The number of halogens is 1. The molecule has 0 radical (unpaired) electrons. The van der Waals surface area contributed by atoms with E-state index in [0.717, 1.165) is 0 Å². The molecule has 0 aliphatic rings. The maximum Gasteiger partial charge on any atom is 0.337 e. The highest BCUT2D eigenvalue weighted by Crippen LogP contribution is 2.23. The monoisotopic (exact) mass is 349 g/mol. The molecule has 0 saturated carbocycles. The van der Waals surface area contributed by atoms with E-state index in [1.807, 2.05) is 0 Å². The molecule has 2 aromatic carbocycles. The molecule has 1 N–H and O–H groups in total. The molecular formula is C17H16ClNO5. The Labute approximate surface area is 144 Å². The van der Waals surface area contributed by atoms with Crippen molar-refractivity contribution in [1.82, 2.24) is 0 Å². The number of anilines is 1. The van der Waals surface area contributed by atoms with Crippen molar-refractivity contribution < 1.29 is 23.8 Å². The summed E-state index contributed by atoms with van der Waals surface area (Å²) in [7, 11) is 2.84. The Bertz CT molecular complexity index is 730. The van der Waals surface area contributed by atoms with E-state index in [2.05, 4.69) is 10.1 Å². The Morgan fingerprint density at radius 3 is 2.33 bits per heavy atom. The second kappa shape index (κ2) is 8.21. The van der Waals surface area contributed by atoms with Crippen LogP contribution < -0.4 is 14.8 Å². The van der Waals surface area contributed by atoms with Crippen molar-refractivity contribution in [2.24, 2.45) is 0 Å². The molecule has 0 aromatic heterocycles. The van der Waals surface area contributed by atoms with Gasteiger partial charge < -0.3 is 19.5 Å². The average Bonchev–Trinajstić information content (AvgIpc) is 2.61. The summed E-state index contributed by atoms with van der Waals surface area (Å²) in [5.41, 5.74) is 0.594. The van der Waals surface area contributed by atoms with Crippen LogP contribution in [0.4, 0.5) is 5.69 Å². The van der Waals surface area contributed by atoms with E-state index in [9.17, 15) is 9.59 Å². The number of hydrogen-bond acceptors (Lipinski definition) is 5. The highest BCUT2D eigenvalue weighted by molar-refractivity contribution is 6.33. The normalized spacial score (nSPS) is 9.96. The molecule has 0 saturated heterocycles. The van der Waals surface area contributed by atoms with Crippen molar-refractivity contribution in [3.63, 3.8) is 0 Å². The first-order chi connectivity index (χ1) is 11.5. The lowest BCUT2D eigenvalue weighted by molar-refractivity contribution is -0.118. The van der Waals surface area contributed by atoms with E-state index >= 15 is 0 Å². The number of benzene rings is 2. The molecule has 0 aliphatic carbocycles. The van der Waals surface area contributed by atoms with Crippen LogP contribution in [0.25, 0.3) is 0 Å². The predicted octanol–water partition coefficient (Wildman–Crippen LogP) is 3.15. The summed E-state index contributed by atoms with van der Waals surface area (Å²) >= 11 is 6.02. The molecule has 0 bridgehead atoms. The van der Waals surface area contributed by atoms with Gasteiger partial charge in [0.1, 0.15) is 11.5 Å². The molecule has 0 heterocycles. The molecule has 0 fully saturated rings. The van der Waals surface area contributed by atoms with Gasteiger partial charge in [-0.15, -0.1) is 0 Å². The second-order valence-electron chi connectivity index (χ2n) is 4.70. The van der Waals surface area contributed by atoms with E-state index in [1.54, 1.807) is 31.4 Å². The number of methoxy groups -OCH3 is 2. The maximum absolute atomic E-state index is 12.0. The number of rotatable bonds is 6. The van der Waals surface area contributed by atoms with Gasteiger partial charge in [-0.25, -0.2) is 4.79 Å². The fraction of sp³-hybridized carbons (Fsp3) is 0.176. The minimum atomic E-state index is -0.517. The Morgan fingerprint density at radius 1 is 1.04 bits per heavy atom. The van der Waals surface area contributed by atoms with E-state index < -0.39 is 11.9 Å². The molecule has 2 aromatic rings. The van der Waals surface area contributed by atoms with Crippen molar-refractivity contribution in [1.29, 1.82) is 0 Å². The van der Waals surface area contributed by atoms with Crippen molar-refractivity contribution in [3.05, 3.63) is 53.1 Å². The first-order valence-electron chi connectivity index (χ1n) is 6.98. The van der Waals surface area contributed by atoms with Gasteiger partial charge >= 0.3 is 5.97 Å². The summed E-state index contributed by atoms with van der Waals surface area (Å²) in [6.45, 7) is -0.203. The molecular weight excluding hydrogens is 334 g/mol. The van der Waals surface area contributed by atoms with Crippen LogP contribution in [0, 0.1) is 0 Å². The number of amides is 1. The SMILES string of the molecule is COC(=O)c1ccc(Cl)c(NC(=O)COc2ccc(OC)cc2)c1. The lowest BCUT2D eigenvalue weighted by Gasteiger charge is -2.10. The lowest BCUT2D eigenvalue weighted by atomic mass is 10.2. The standard InChI is InChI=1S/C17H16ClNO5/c1-22-12-4-6-13(7-5-12)24-10-16(20)19-15-9-11(17(21)23-2)3-8-14(15)18/h3-9H,10H2,1-2H3,(H,19,20). The van der Waals surface area contributed by atoms with Crippen LogP contribution in [-0.2, 0) is 9.53 Å². The fourth-order valence-corrected chi connectivity index (χ4v) is 2.04. The van der Waals surface area contributed by atoms with Gasteiger partial charge in [-0.2, -0.15) is 0 Å². The molecule has 2 rings (SSSR count). The number of esters is 1. The summed E-state index contributed by atoms with van der Waals surface area (Å²) in [5, 5.41) is 2.90. The maximum atomic E-state index is 12.0. The Morgan fingerprint density at radius 2 is 1.71 bits per heavy atom. The highest BCUT2D eigenvalue weighted by atomic mass is 35.5. The first kappa shape index (κ1) is 17.6. The number of carbonyl (C=O) groups is 2. The van der Waals surface area contributed by atoms with Crippen molar-refractivity contribution in [2.75, 3.05) is 26.1 Å². The third-order valence-corrected chi connectivity index (χ3v) is 3.42. The van der Waals surface area contributed by atoms with Gasteiger partial charge in [-0.1, -0.05) is 11.6 Å². The summed E-state index contributed by atoms with van der Waals surface area (Å²) in [5.74, 6) is 0.296. The molecule has 24 heavy (non-hydrogen) atoms. The highest BCUT2D eigenvalue weighted by Gasteiger charge is 2.11. The van der Waals surface area contributed by atoms with E-state index in [-0.39, 0.29) is 12.2 Å². The third-order valence-electron chi connectivity index (χ3n) is 3.09. The molecule has 1 amide bonds. The molecule has 126 valence electrons. The number of carbonyl (C=O) groups excluding carboxylic acids is 2. The summed E-state index contributed by atoms with van der Waals surface area (Å²) in [6, 6.07) is 11.3. The van der Waals surface area contributed by atoms with Gasteiger partial charge in [0.15, 0.2) is 6.61 Å². The van der Waals surface area contributed by atoms with E-state index in [1.165, 1.54) is 25.3 Å². The minimum Gasteiger partial charge on any atom is -0.497 e. The number of ether oxygens (including phenoxy) is 3. The van der Waals surface area contributed by atoms with Crippen molar-refractivity contribution >= 4 is 29.2 Å². The summed E-state index contributed by atoms with van der Waals surface area (Å²) in [4.78, 5) is 23.5. The predicted molar refractivity (Wildman–Crippen MR) is 89.9 cm³/mol. The number of nitrogens with one attached hydrogen (secondary N) is 1. The molecule has 0 aliphatic heterocycles. The number of hydrogen-bond donors (Lipinski definition) is 1. The van der Waals surface area contributed by atoms with E-state index in [0.29, 0.717) is 22.2 Å². The smallest absolute Gasteiger partial charge is 0.337 e. The van der Waals surface area contributed by atoms with E-state index in [4.69, 9.17) is 21.1 Å². The minimum absolute atomic E-state index is 0.203. The molecule has 0 spiro atoms. The van der Waals surface area contributed by atoms with Crippen LogP contribution in [0.2, 0.25) is 5.02 Å². The molecule has 6 nitrogen and oxygen atoms in total. The zero-order chi connectivity index (χ0) is 17.5. The fourth-order valence-electron chi connectivity index (χ4n) is 1.87. The first-order valence-corrected chi connectivity index (χ1v) is 7.36. The van der Waals surface area contributed by atoms with Crippen LogP contribution in [0.3, 0.4) is 0 Å². The largest absolute Gasteiger partial charge is 0.497 e. The summed E-state index contributed by atoms with van der Waals surface area (Å²) < 4.78 is 15.0. The molecule has 0 unspecified atom stereocenters. The zero-order valence-corrected chi connectivity index (χ0v) is 13.9. The summed E-state index contributed by atoms with van der Waals surface area (Å²) in [6.07, 6.45) is 0. The van der Waals surface area contributed by atoms with Crippen LogP contribution in [0.1, 0.15) is 10.4 Å². The molecule has 7 heteroatoms. The topological polar surface area (TPSA) is 73.9 Å². The van der Waals surface area contributed by atoms with Gasteiger partial charge in [0.2, 0.25) is 0 Å². The molecule has 0 atom stereocenters. The Hall–Kier alpha value is -2.73. The van der Waals surface area contributed by atoms with Crippen molar-refractivity contribution in [2.45, 2.75) is 0 Å². The second-order valence-corrected chi connectivity index (χ2v) is 5.11. The van der Waals surface area contributed by atoms with Crippen LogP contribution >= 0.6 is 11.6 Å². The van der Waals surface area contributed by atoms with Crippen LogP contribution in [-0.4, -0.2) is 32.7 Å². The quantitative estimate of drug-likeness (QED) is 0.811. The Kier molecular flexibility index (Phi) is 6.03. The average molecular weight is 350 g/mol. The van der Waals surface area contributed by atoms with Gasteiger partial charge in [0, 0.05) is 0 Å². The van der Waals surface area contributed by atoms with Gasteiger partial charge in [-0.05, 0) is 42.5 Å². The van der Waals surface area contributed by atoms with Crippen molar-refractivity contribution in [3.8, 4) is 11.5 Å². The van der Waals surface area contributed by atoms with Gasteiger partial charge in [0.25, 0.3) is 5.91 Å².